The molecule has 0 aliphatic heterocycles. The van der Waals surface area contributed by atoms with Crippen LogP contribution in [0.25, 0.3) is 22.1 Å². The number of terminal acetylenes is 1. The van der Waals surface area contributed by atoms with E-state index in [1.165, 1.54) is 39.7 Å². The van der Waals surface area contributed by atoms with Crippen LogP contribution >= 0.6 is 0 Å². The van der Waals surface area contributed by atoms with Gasteiger partial charge in [0.15, 0.2) is 5.65 Å². The molecule has 4 rings (SSSR count). The molecule has 0 fully saturated rings. The number of para-hydroxylation sites is 1. The monoisotopic (exact) mass is 550 g/mol. The lowest BCUT2D eigenvalue weighted by Crippen LogP contribution is -2.08. The summed E-state index contributed by atoms with van der Waals surface area (Å²) in [7, 11) is 0. The van der Waals surface area contributed by atoms with E-state index in [0.717, 1.165) is 43.1 Å². The van der Waals surface area contributed by atoms with Crippen LogP contribution in [0.1, 0.15) is 90.5 Å². The lowest BCUT2D eigenvalue weighted by Gasteiger charge is -2.14. The number of anilines is 1. The highest BCUT2D eigenvalue weighted by Crippen LogP contribution is 2.28. The standard InChI is InChI=1S/C25H30N4.C10H18.C2H2/c1-5-17(3)20-13-23(25-28-15-24(18(4)6-2)29(25)16-20)26-12-11-19-14-27-22-10-8-7-9-21(19)22;1-4-6-7-8-9-10(3)5-2;1-2/h5,7-10,13-16,18,26-27H,6,11-12H2,1-4H3;6-10H,4-5H2,1-3H3;1-2H/b17-5+;7-6-,9-8-;. The van der Waals surface area contributed by atoms with Gasteiger partial charge in [-0.2, -0.15) is 0 Å². The van der Waals surface area contributed by atoms with E-state index in [-0.39, 0.29) is 0 Å². The van der Waals surface area contributed by atoms with Crippen LogP contribution in [0.5, 0.6) is 0 Å². The average Bonchev–Trinajstić information content (AvgIpc) is 3.64. The van der Waals surface area contributed by atoms with Crippen molar-refractivity contribution in [3.8, 4) is 12.8 Å². The fourth-order valence-corrected chi connectivity index (χ4v) is 4.47. The highest BCUT2D eigenvalue weighted by Gasteiger charge is 2.14. The van der Waals surface area contributed by atoms with Crippen molar-refractivity contribution in [3.63, 3.8) is 0 Å². The number of H-pyrrole nitrogens is 1. The Morgan fingerprint density at radius 3 is 2.54 bits per heavy atom. The molecule has 2 unspecified atom stereocenters. The highest BCUT2D eigenvalue weighted by atomic mass is 15.0. The third-order valence-corrected chi connectivity index (χ3v) is 7.59. The molecule has 3 heterocycles. The number of hydrogen-bond acceptors (Lipinski definition) is 2. The molecule has 0 aliphatic carbocycles. The summed E-state index contributed by atoms with van der Waals surface area (Å²) in [4.78, 5) is 8.12. The van der Waals surface area contributed by atoms with E-state index in [1.807, 2.05) is 6.20 Å². The Kier molecular flexibility index (Phi) is 14.3. The molecule has 4 aromatic rings. The summed E-state index contributed by atoms with van der Waals surface area (Å²) < 4.78 is 2.27. The minimum atomic E-state index is 0.477. The van der Waals surface area contributed by atoms with Gasteiger partial charge in [0.1, 0.15) is 0 Å². The van der Waals surface area contributed by atoms with Crippen LogP contribution in [0.15, 0.2) is 79.3 Å². The molecule has 0 bridgehead atoms. The molecule has 218 valence electrons. The molecule has 0 radical (unpaired) electrons. The maximum Gasteiger partial charge on any atom is 0.160 e. The SMILES string of the molecule is C#C.C/C=C(\C)c1cc(NCCc2c[nH]c3ccccc23)c2ncc(C(C)CC)n2c1.CC/C=C\C=C/C(C)CC. The Morgan fingerprint density at radius 1 is 1.10 bits per heavy atom. The average molecular weight is 551 g/mol. The molecule has 41 heavy (non-hydrogen) atoms. The molecular weight excluding hydrogens is 500 g/mol. The number of fused-ring (bicyclic) bond motifs is 2. The summed E-state index contributed by atoms with van der Waals surface area (Å²) in [5.74, 6) is 1.20. The molecule has 0 saturated carbocycles. The second-order valence-electron chi connectivity index (χ2n) is 10.4. The van der Waals surface area contributed by atoms with Crippen LogP contribution in [0, 0.1) is 18.8 Å². The number of nitrogens with one attached hydrogen (secondary N) is 2. The first-order valence-corrected chi connectivity index (χ1v) is 15.0. The third kappa shape index (κ3) is 9.29. The number of benzene rings is 1. The van der Waals surface area contributed by atoms with Crippen LogP contribution in [0.4, 0.5) is 5.69 Å². The van der Waals surface area contributed by atoms with Crippen LogP contribution in [-0.2, 0) is 6.42 Å². The van der Waals surface area contributed by atoms with Gasteiger partial charge in [0.2, 0.25) is 0 Å². The van der Waals surface area contributed by atoms with Crippen molar-refractivity contribution in [2.24, 2.45) is 5.92 Å². The first-order valence-electron chi connectivity index (χ1n) is 15.0. The quantitative estimate of drug-likeness (QED) is 0.144. The Balaban J connectivity index is 0.000000418. The van der Waals surface area contributed by atoms with Gasteiger partial charge in [0, 0.05) is 41.7 Å². The van der Waals surface area contributed by atoms with Gasteiger partial charge in [0.25, 0.3) is 0 Å². The van der Waals surface area contributed by atoms with Crippen molar-refractivity contribution >= 4 is 27.8 Å². The molecule has 3 aromatic heterocycles. The van der Waals surface area contributed by atoms with Gasteiger partial charge in [-0.05, 0) is 73.8 Å². The molecule has 0 amide bonds. The lowest BCUT2D eigenvalue weighted by atomic mass is 10.1. The molecule has 4 heteroatoms. The summed E-state index contributed by atoms with van der Waals surface area (Å²) in [5, 5.41) is 4.96. The second kappa shape index (κ2) is 17.7. The van der Waals surface area contributed by atoms with Gasteiger partial charge >= 0.3 is 0 Å². The number of imidazole rings is 1. The molecule has 2 N–H and O–H groups in total. The van der Waals surface area contributed by atoms with Crippen molar-refractivity contribution in [2.45, 2.75) is 80.1 Å². The Hall–Kier alpha value is -3.97. The van der Waals surface area contributed by atoms with E-state index in [9.17, 15) is 0 Å². The predicted octanol–water partition coefficient (Wildman–Crippen LogP) is 10.2. The van der Waals surface area contributed by atoms with Gasteiger partial charge in [-0.1, -0.05) is 89.6 Å². The zero-order valence-electron chi connectivity index (χ0n) is 26.2. The maximum absolute atomic E-state index is 4.75. The first kappa shape index (κ1) is 33.2. The fourth-order valence-electron chi connectivity index (χ4n) is 4.47. The minimum absolute atomic E-state index is 0.477. The number of aromatic nitrogens is 3. The number of rotatable bonds is 11. The normalized spacial score (nSPS) is 13.1. The topological polar surface area (TPSA) is 45.1 Å². The molecule has 0 spiro atoms. The number of nitrogens with zero attached hydrogens (tertiary/aromatic N) is 2. The van der Waals surface area contributed by atoms with Crippen molar-refractivity contribution in [1.82, 2.24) is 14.4 Å². The number of allylic oxidation sites excluding steroid dienone is 6. The molecule has 0 aliphatic rings. The van der Waals surface area contributed by atoms with E-state index in [1.54, 1.807) is 0 Å². The van der Waals surface area contributed by atoms with E-state index in [4.69, 9.17) is 4.98 Å². The van der Waals surface area contributed by atoms with Gasteiger partial charge in [-0.15, -0.1) is 12.8 Å². The third-order valence-electron chi connectivity index (χ3n) is 7.59. The summed E-state index contributed by atoms with van der Waals surface area (Å²) in [6.07, 6.45) is 29.6. The van der Waals surface area contributed by atoms with Crippen molar-refractivity contribution < 1.29 is 0 Å². The van der Waals surface area contributed by atoms with Gasteiger partial charge in [-0.3, -0.25) is 0 Å². The zero-order valence-corrected chi connectivity index (χ0v) is 26.2. The van der Waals surface area contributed by atoms with Crippen molar-refractivity contribution in [2.75, 3.05) is 11.9 Å². The largest absolute Gasteiger partial charge is 0.382 e. The smallest absolute Gasteiger partial charge is 0.160 e. The molecule has 0 saturated heterocycles. The lowest BCUT2D eigenvalue weighted by molar-refractivity contribution is 0.698. The van der Waals surface area contributed by atoms with Crippen molar-refractivity contribution in [3.05, 3.63) is 96.1 Å². The zero-order chi connectivity index (χ0) is 30.2. The van der Waals surface area contributed by atoms with Gasteiger partial charge in [0.05, 0.1) is 5.69 Å². The van der Waals surface area contributed by atoms with Crippen LogP contribution in [0.2, 0.25) is 0 Å². The van der Waals surface area contributed by atoms with E-state index >= 15 is 0 Å². The van der Waals surface area contributed by atoms with Crippen LogP contribution in [-0.4, -0.2) is 20.9 Å². The van der Waals surface area contributed by atoms with E-state index in [0.29, 0.717) is 5.92 Å². The molecular formula is C37H50N4. The van der Waals surface area contributed by atoms with Crippen molar-refractivity contribution in [1.29, 1.82) is 0 Å². The second-order valence-corrected chi connectivity index (χ2v) is 10.4. The highest BCUT2D eigenvalue weighted by molar-refractivity contribution is 5.83. The molecule has 2 atom stereocenters. The maximum atomic E-state index is 4.75. The molecule has 1 aromatic carbocycles. The Morgan fingerprint density at radius 2 is 1.85 bits per heavy atom. The Bertz CT molecular complexity index is 1440. The van der Waals surface area contributed by atoms with E-state index < -0.39 is 0 Å². The van der Waals surface area contributed by atoms with Crippen LogP contribution < -0.4 is 5.32 Å². The van der Waals surface area contributed by atoms with Gasteiger partial charge < -0.3 is 14.7 Å². The minimum Gasteiger partial charge on any atom is -0.382 e. The summed E-state index contributed by atoms with van der Waals surface area (Å²) >= 11 is 0. The fraction of sp³-hybridized carbons (Fsp3) is 0.378. The molecule has 4 nitrogen and oxygen atoms in total. The first-order chi connectivity index (χ1) is 19.9. The van der Waals surface area contributed by atoms with Crippen LogP contribution in [0.3, 0.4) is 0 Å². The summed E-state index contributed by atoms with van der Waals surface area (Å²) in [6.45, 7) is 16.2. The van der Waals surface area contributed by atoms with E-state index in [2.05, 4.69) is 149 Å². The number of aromatic amines is 1. The van der Waals surface area contributed by atoms with Gasteiger partial charge in [-0.25, -0.2) is 4.98 Å². The predicted molar refractivity (Wildman–Crippen MR) is 182 cm³/mol. The Labute approximate surface area is 248 Å². The summed E-state index contributed by atoms with van der Waals surface area (Å²) in [5.41, 5.74) is 8.42. The number of pyridine rings is 1. The summed E-state index contributed by atoms with van der Waals surface area (Å²) in [6, 6.07) is 10.7. The number of hydrogen-bond donors (Lipinski definition) is 2.